The van der Waals surface area contributed by atoms with Crippen LogP contribution >= 0.6 is 12.2 Å². The molecule has 1 saturated heterocycles. The summed E-state index contributed by atoms with van der Waals surface area (Å²) < 4.78 is 7.94. The van der Waals surface area contributed by atoms with Gasteiger partial charge in [-0.15, -0.1) is 0 Å². The molecule has 1 aliphatic heterocycles. The van der Waals surface area contributed by atoms with Crippen molar-refractivity contribution in [1.29, 1.82) is 0 Å². The second kappa shape index (κ2) is 4.93. The summed E-state index contributed by atoms with van der Waals surface area (Å²) in [5, 5.41) is 21.9. The Bertz CT molecular complexity index is 712. The Morgan fingerprint density at radius 3 is 2.60 bits per heavy atom. The van der Waals surface area contributed by atoms with E-state index in [1.54, 1.807) is 11.5 Å². The molecule has 1 fully saturated rings. The Kier molecular flexibility index (Phi) is 3.38. The fourth-order valence-corrected chi connectivity index (χ4v) is 2.99. The Morgan fingerprint density at radius 2 is 1.95 bits per heavy atom. The molecule has 4 nitrogen and oxygen atoms in total. The highest BCUT2D eigenvalue weighted by Gasteiger charge is 2.41. The summed E-state index contributed by atoms with van der Waals surface area (Å²) in [6.07, 6.45) is -1.11. The van der Waals surface area contributed by atoms with Crippen LogP contribution in [0.1, 0.15) is 18.7 Å². The number of hydrogen-bond acceptors (Lipinski definition) is 4. The predicted octanol–water partition coefficient (Wildman–Crippen LogP) is 2.32. The zero-order chi connectivity index (χ0) is 14.4. The first-order valence-electron chi connectivity index (χ1n) is 6.62. The molecule has 0 aliphatic carbocycles. The van der Waals surface area contributed by atoms with E-state index in [4.69, 9.17) is 17.0 Å². The molecule has 2 heterocycles. The van der Waals surface area contributed by atoms with E-state index in [9.17, 15) is 10.2 Å². The molecule has 2 N–H and O–H groups in total. The third-order valence-corrected chi connectivity index (χ3v) is 4.27. The van der Waals surface area contributed by atoms with Gasteiger partial charge in [-0.05, 0) is 25.3 Å². The van der Waals surface area contributed by atoms with E-state index in [1.165, 1.54) is 5.56 Å². The number of aliphatic hydroxyl groups excluding tert-OH is 2. The molecule has 3 rings (SSSR count). The summed E-state index contributed by atoms with van der Waals surface area (Å²) >= 11 is 5.49. The van der Waals surface area contributed by atoms with Gasteiger partial charge in [0.05, 0.1) is 6.10 Å². The van der Waals surface area contributed by atoms with Gasteiger partial charge in [0, 0.05) is 11.6 Å². The molecule has 4 atom stereocenters. The number of aromatic nitrogens is 1. The Labute approximate surface area is 122 Å². The lowest BCUT2D eigenvalue weighted by Crippen LogP contribution is -2.30. The maximum atomic E-state index is 10.1. The van der Waals surface area contributed by atoms with Crippen molar-refractivity contribution >= 4 is 23.0 Å². The molecule has 20 heavy (non-hydrogen) atoms. The van der Waals surface area contributed by atoms with Gasteiger partial charge in [-0.1, -0.05) is 36.0 Å². The van der Waals surface area contributed by atoms with Crippen LogP contribution in [0.3, 0.4) is 0 Å². The Balaban J connectivity index is 2.12. The van der Waals surface area contributed by atoms with Crippen LogP contribution in [0.15, 0.2) is 30.5 Å². The van der Waals surface area contributed by atoms with Crippen molar-refractivity contribution < 1.29 is 14.9 Å². The zero-order valence-corrected chi connectivity index (χ0v) is 12.2. The molecule has 0 amide bonds. The van der Waals surface area contributed by atoms with Gasteiger partial charge >= 0.3 is 0 Å². The van der Waals surface area contributed by atoms with Crippen molar-refractivity contribution in [3.05, 3.63) is 40.7 Å². The van der Waals surface area contributed by atoms with Gasteiger partial charge in [-0.25, -0.2) is 0 Å². The molecule has 5 heteroatoms. The molecule has 1 aromatic heterocycles. The predicted molar refractivity (Wildman–Crippen MR) is 79.1 cm³/mol. The summed E-state index contributed by atoms with van der Waals surface area (Å²) in [4.78, 5) is 0. The topological polar surface area (TPSA) is 54.6 Å². The molecular formula is C15H17NO3S. The Hall–Kier alpha value is -1.27. The maximum absolute atomic E-state index is 10.1. The van der Waals surface area contributed by atoms with E-state index in [2.05, 4.69) is 6.07 Å². The van der Waals surface area contributed by atoms with Crippen molar-refractivity contribution in [3.8, 4) is 0 Å². The van der Waals surface area contributed by atoms with E-state index < -0.39 is 24.5 Å². The van der Waals surface area contributed by atoms with Crippen molar-refractivity contribution in [1.82, 2.24) is 4.57 Å². The van der Waals surface area contributed by atoms with E-state index in [0.29, 0.717) is 4.64 Å². The van der Waals surface area contributed by atoms with Crippen molar-refractivity contribution in [2.75, 3.05) is 0 Å². The summed E-state index contributed by atoms with van der Waals surface area (Å²) in [5.41, 5.74) is 1.17. The standard InChI is InChI=1S/C15H17NO3S/c1-8-3-4-11-10(7-8)5-6-16(15(11)20)14-13(18)12(17)9(2)19-14/h3-7,9,12-14,17-18H,1-2H3. The fraction of sp³-hybridized carbons (Fsp3) is 0.400. The minimum absolute atomic E-state index is 0.411. The van der Waals surface area contributed by atoms with Crippen LogP contribution in [0.5, 0.6) is 0 Å². The second-order valence-corrected chi connectivity index (χ2v) is 5.72. The number of fused-ring (bicyclic) bond motifs is 1. The second-order valence-electron chi connectivity index (χ2n) is 5.33. The van der Waals surface area contributed by atoms with Crippen LogP contribution in [-0.2, 0) is 4.74 Å². The van der Waals surface area contributed by atoms with Crippen LogP contribution in [0.4, 0.5) is 0 Å². The lowest BCUT2D eigenvalue weighted by atomic mass is 10.1. The van der Waals surface area contributed by atoms with Gasteiger partial charge in [0.1, 0.15) is 16.8 Å². The van der Waals surface area contributed by atoms with E-state index in [0.717, 1.165) is 10.8 Å². The fourth-order valence-electron chi connectivity index (χ4n) is 2.64. The largest absolute Gasteiger partial charge is 0.388 e. The van der Waals surface area contributed by atoms with Gasteiger partial charge in [0.25, 0.3) is 0 Å². The van der Waals surface area contributed by atoms with E-state index >= 15 is 0 Å². The number of hydrogen-bond donors (Lipinski definition) is 2. The number of benzene rings is 1. The van der Waals surface area contributed by atoms with Gasteiger partial charge in [-0.3, -0.25) is 0 Å². The summed E-state index contributed by atoms with van der Waals surface area (Å²) in [7, 11) is 0. The van der Waals surface area contributed by atoms with Gasteiger partial charge < -0.3 is 19.5 Å². The minimum Gasteiger partial charge on any atom is -0.388 e. The molecule has 1 aliphatic rings. The molecule has 1 aromatic carbocycles. The number of aliphatic hydroxyl groups is 2. The number of rotatable bonds is 1. The molecule has 0 radical (unpaired) electrons. The number of ether oxygens (including phenoxy) is 1. The summed E-state index contributed by atoms with van der Waals surface area (Å²) in [6.45, 7) is 3.77. The van der Waals surface area contributed by atoms with Gasteiger partial charge in [0.2, 0.25) is 0 Å². The minimum atomic E-state index is -0.973. The lowest BCUT2D eigenvalue weighted by molar-refractivity contribution is -0.0329. The average molecular weight is 291 g/mol. The van der Waals surface area contributed by atoms with E-state index in [-0.39, 0.29) is 0 Å². The van der Waals surface area contributed by atoms with Crippen LogP contribution in [-0.4, -0.2) is 33.1 Å². The average Bonchev–Trinajstić information content (AvgIpc) is 2.67. The highest BCUT2D eigenvalue weighted by atomic mass is 32.1. The van der Waals surface area contributed by atoms with Crippen LogP contribution in [0.2, 0.25) is 0 Å². The SMILES string of the molecule is Cc1ccc2c(=S)n(C3OC(C)C(O)C3O)ccc2c1. The molecule has 0 bridgehead atoms. The van der Waals surface area contributed by atoms with E-state index in [1.807, 2.05) is 31.3 Å². The first-order valence-corrected chi connectivity index (χ1v) is 7.03. The highest BCUT2D eigenvalue weighted by Crippen LogP contribution is 2.30. The van der Waals surface area contributed by atoms with Crippen LogP contribution < -0.4 is 0 Å². The van der Waals surface area contributed by atoms with Crippen LogP contribution in [0.25, 0.3) is 10.8 Å². The van der Waals surface area contributed by atoms with Crippen molar-refractivity contribution in [2.24, 2.45) is 0 Å². The third kappa shape index (κ3) is 2.07. The maximum Gasteiger partial charge on any atom is 0.163 e. The quantitative estimate of drug-likeness (QED) is 0.792. The summed E-state index contributed by atoms with van der Waals surface area (Å²) in [6, 6.07) is 8.00. The monoisotopic (exact) mass is 291 g/mol. The first-order chi connectivity index (χ1) is 9.49. The lowest BCUT2D eigenvalue weighted by Gasteiger charge is -2.19. The highest BCUT2D eigenvalue weighted by molar-refractivity contribution is 7.71. The molecular weight excluding hydrogens is 274 g/mol. The molecule has 0 spiro atoms. The Morgan fingerprint density at radius 1 is 1.20 bits per heavy atom. The third-order valence-electron chi connectivity index (χ3n) is 3.84. The summed E-state index contributed by atoms with van der Waals surface area (Å²) in [5.74, 6) is 0. The van der Waals surface area contributed by atoms with Gasteiger partial charge in [-0.2, -0.15) is 0 Å². The molecule has 106 valence electrons. The number of pyridine rings is 1. The zero-order valence-electron chi connectivity index (χ0n) is 11.4. The molecule has 2 aromatic rings. The molecule has 0 saturated carbocycles. The number of aryl methyl sites for hydroxylation is 1. The van der Waals surface area contributed by atoms with Crippen molar-refractivity contribution in [3.63, 3.8) is 0 Å². The normalized spacial score (nSPS) is 30.0. The molecule has 4 unspecified atom stereocenters. The van der Waals surface area contributed by atoms with Crippen LogP contribution in [0, 0.1) is 11.6 Å². The van der Waals surface area contributed by atoms with Crippen molar-refractivity contribution in [2.45, 2.75) is 38.4 Å². The number of nitrogens with zero attached hydrogens (tertiary/aromatic N) is 1. The van der Waals surface area contributed by atoms with Gasteiger partial charge in [0.15, 0.2) is 6.23 Å². The smallest absolute Gasteiger partial charge is 0.163 e. The first kappa shape index (κ1) is 13.7.